The lowest BCUT2D eigenvalue weighted by atomic mass is 9.99. The van der Waals surface area contributed by atoms with Crippen LogP contribution in [0.15, 0.2) is 42.7 Å². The molecule has 0 amide bonds. The average molecular weight is 275 g/mol. The molecule has 3 N–H and O–H groups in total. The first-order valence-corrected chi connectivity index (χ1v) is 6.44. The van der Waals surface area contributed by atoms with Gasteiger partial charge in [-0.15, -0.1) is 0 Å². The van der Waals surface area contributed by atoms with E-state index in [9.17, 15) is 4.39 Å². The number of ether oxygens (including phenoxy) is 1. The van der Waals surface area contributed by atoms with Crippen LogP contribution >= 0.6 is 0 Å². The van der Waals surface area contributed by atoms with Crippen molar-refractivity contribution in [2.75, 3.05) is 0 Å². The summed E-state index contributed by atoms with van der Waals surface area (Å²) in [5.74, 6) is 5.89. The molecule has 0 aliphatic heterocycles. The van der Waals surface area contributed by atoms with Gasteiger partial charge in [0.15, 0.2) is 0 Å². The Morgan fingerprint density at radius 1 is 1.20 bits per heavy atom. The number of rotatable bonds is 5. The number of nitrogens with zero attached hydrogens (tertiary/aromatic N) is 1. The van der Waals surface area contributed by atoms with Gasteiger partial charge in [0.05, 0.1) is 18.3 Å². The molecular weight excluding hydrogens is 257 g/mol. The summed E-state index contributed by atoms with van der Waals surface area (Å²) in [6.07, 6.45) is 2.73. The van der Waals surface area contributed by atoms with E-state index in [1.54, 1.807) is 6.07 Å². The molecule has 0 saturated carbocycles. The van der Waals surface area contributed by atoms with Crippen LogP contribution in [-0.2, 0) is 0 Å². The van der Waals surface area contributed by atoms with Crippen LogP contribution in [-0.4, -0.2) is 11.1 Å². The van der Waals surface area contributed by atoms with Crippen molar-refractivity contribution in [3.8, 4) is 5.75 Å². The highest BCUT2D eigenvalue weighted by Crippen LogP contribution is 2.31. The molecule has 1 aromatic carbocycles. The first-order chi connectivity index (χ1) is 9.63. The standard InChI is InChI=1S/C15H18FN3O/c1-10(2)20-14-6-4-3-5-12(14)15(19-17)11-7-8-18-9-13(11)16/h3-10,15,19H,17H2,1-2H3. The zero-order valence-electron chi connectivity index (χ0n) is 11.5. The van der Waals surface area contributed by atoms with Crippen molar-refractivity contribution in [3.63, 3.8) is 0 Å². The normalized spacial score (nSPS) is 12.4. The SMILES string of the molecule is CC(C)Oc1ccccc1C(NN)c1ccncc1F. The summed E-state index contributed by atoms with van der Waals surface area (Å²) in [6, 6.07) is 8.56. The molecule has 0 aliphatic carbocycles. The third-order valence-electron chi connectivity index (χ3n) is 2.87. The number of nitrogens with two attached hydrogens (primary N) is 1. The molecule has 0 fully saturated rings. The molecule has 0 aliphatic rings. The Hall–Kier alpha value is -1.98. The second kappa shape index (κ2) is 6.45. The van der Waals surface area contributed by atoms with Gasteiger partial charge in [-0.2, -0.15) is 0 Å². The van der Waals surface area contributed by atoms with E-state index in [2.05, 4.69) is 10.4 Å². The minimum atomic E-state index is -0.493. The molecule has 1 atom stereocenters. The largest absolute Gasteiger partial charge is 0.491 e. The fraction of sp³-hybridized carbons (Fsp3) is 0.267. The predicted octanol–water partition coefficient (Wildman–Crippen LogP) is 2.56. The van der Waals surface area contributed by atoms with E-state index < -0.39 is 11.9 Å². The van der Waals surface area contributed by atoms with E-state index in [4.69, 9.17) is 10.6 Å². The van der Waals surface area contributed by atoms with Crippen molar-refractivity contribution in [3.05, 3.63) is 59.7 Å². The molecule has 106 valence electrons. The van der Waals surface area contributed by atoms with Gasteiger partial charge < -0.3 is 4.74 Å². The minimum Gasteiger partial charge on any atom is -0.491 e. The third-order valence-corrected chi connectivity index (χ3v) is 2.87. The second-order valence-electron chi connectivity index (χ2n) is 4.70. The van der Waals surface area contributed by atoms with Gasteiger partial charge in [-0.05, 0) is 26.0 Å². The highest BCUT2D eigenvalue weighted by molar-refractivity contribution is 5.41. The Kier molecular flexibility index (Phi) is 4.65. The Morgan fingerprint density at radius 3 is 2.60 bits per heavy atom. The van der Waals surface area contributed by atoms with Gasteiger partial charge in [-0.25, -0.2) is 9.82 Å². The van der Waals surface area contributed by atoms with Crippen LogP contribution in [0.5, 0.6) is 5.75 Å². The number of halogens is 1. The molecule has 1 heterocycles. The maximum absolute atomic E-state index is 13.9. The first-order valence-electron chi connectivity index (χ1n) is 6.44. The van der Waals surface area contributed by atoms with Gasteiger partial charge in [-0.3, -0.25) is 10.8 Å². The summed E-state index contributed by atoms with van der Waals surface area (Å²) in [7, 11) is 0. The molecule has 2 rings (SSSR count). The lowest BCUT2D eigenvalue weighted by Crippen LogP contribution is -2.30. The number of aromatic nitrogens is 1. The fourth-order valence-electron chi connectivity index (χ4n) is 2.05. The number of para-hydroxylation sites is 1. The minimum absolute atomic E-state index is 0.0249. The van der Waals surface area contributed by atoms with Crippen LogP contribution in [0.3, 0.4) is 0 Å². The highest BCUT2D eigenvalue weighted by atomic mass is 19.1. The van der Waals surface area contributed by atoms with E-state index in [-0.39, 0.29) is 6.10 Å². The maximum atomic E-state index is 13.9. The van der Waals surface area contributed by atoms with E-state index in [0.717, 1.165) is 5.56 Å². The number of hydrogen-bond donors (Lipinski definition) is 2. The van der Waals surface area contributed by atoms with Crippen LogP contribution < -0.4 is 16.0 Å². The lowest BCUT2D eigenvalue weighted by molar-refractivity contribution is 0.238. The van der Waals surface area contributed by atoms with Crippen LogP contribution in [0.25, 0.3) is 0 Å². The van der Waals surface area contributed by atoms with Crippen molar-refractivity contribution in [1.29, 1.82) is 0 Å². The monoisotopic (exact) mass is 275 g/mol. The van der Waals surface area contributed by atoms with Gasteiger partial charge in [-0.1, -0.05) is 18.2 Å². The van der Waals surface area contributed by atoms with Gasteiger partial charge in [0.2, 0.25) is 0 Å². The Labute approximate surface area is 117 Å². The summed E-state index contributed by atoms with van der Waals surface area (Å²) < 4.78 is 19.7. The van der Waals surface area contributed by atoms with Gasteiger partial charge in [0.25, 0.3) is 0 Å². The second-order valence-corrected chi connectivity index (χ2v) is 4.70. The topological polar surface area (TPSA) is 60.2 Å². The predicted molar refractivity (Wildman–Crippen MR) is 75.6 cm³/mol. The van der Waals surface area contributed by atoms with Crippen molar-refractivity contribution >= 4 is 0 Å². The van der Waals surface area contributed by atoms with Crippen LogP contribution in [0.1, 0.15) is 31.0 Å². The number of pyridine rings is 1. The third kappa shape index (κ3) is 3.12. The van der Waals surface area contributed by atoms with Gasteiger partial charge in [0.1, 0.15) is 11.6 Å². The Morgan fingerprint density at radius 2 is 1.95 bits per heavy atom. The van der Waals surface area contributed by atoms with Crippen molar-refractivity contribution in [1.82, 2.24) is 10.4 Å². The van der Waals surface area contributed by atoms with Crippen LogP contribution in [0, 0.1) is 5.82 Å². The molecular formula is C15H18FN3O. The molecule has 1 aromatic heterocycles. The summed E-state index contributed by atoms with van der Waals surface area (Å²) in [5.41, 5.74) is 3.86. The molecule has 1 unspecified atom stereocenters. The van der Waals surface area contributed by atoms with Crippen LogP contribution in [0.2, 0.25) is 0 Å². The average Bonchev–Trinajstić information content (AvgIpc) is 2.43. The summed E-state index contributed by atoms with van der Waals surface area (Å²) in [5, 5.41) is 0. The zero-order valence-corrected chi connectivity index (χ0v) is 11.5. The highest BCUT2D eigenvalue weighted by Gasteiger charge is 2.20. The Balaban J connectivity index is 2.45. The molecule has 20 heavy (non-hydrogen) atoms. The fourth-order valence-corrected chi connectivity index (χ4v) is 2.05. The molecule has 0 spiro atoms. The maximum Gasteiger partial charge on any atom is 0.146 e. The summed E-state index contributed by atoms with van der Waals surface area (Å²) in [4.78, 5) is 3.75. The molecule has 4 nitrogen and oxygen atoms in total. The number of hydrazine groups is 1. The Bertz CT molecular complexity index is 575. The van der Waals surface area contributed by atoms with Crippen LogP contribution in [0.4, 0.5) is 4.39 Å². The first kappa shape index (κ1) is 14.4. The molecule has 2 aromatic rings. The quantitative estimate of drug-likeness (QED) is 0.650. The van der Waals surface area contributed by atoms with Gasteiger partial charge in [0, 0.05) is 17.3 Å². The van der Waals surface area contributed by atoms with Crippen molar-refractivity contribution in [2.24, 2.45) is 5.84 Å². The molecule has 0 saturated heterocycles. The summed E-state index contributed by atoms with van der Waals surface area (Å²) >= 11 is 0. The van der Waals surface area contributed by atoms with E-state index in [1.165, 1.54) is 12.4 Å². The van der Waals surface area contributed by atoms with E-state index in [1.807, 2.05) is 38.1 Å². The van der Waals surface area contributed by atoms with Crippen molar-refractivity contribution in [2.45, 2.75) is 26.0 Å². The molecule has 0 bridgehead atoms. The van der Waals surface area contributed by atoms with Gasteiger partial charge >= 0.3 is 0 Å². The van der Waals surface area contributed by atoms with E-state index in [0.29, 0.717) is 11.3 Å². The molecule has 0 radical (unpaired) electrons. The van der Waals surface area contributed by atoms with E-state index >= 15 is 0 Å². The smallest absolute Gasteiger partial charge is 0.146 e. The number of hydrogen-bond acceptors (Lipinski definition) is 4. The summed E-state index contributed by atoms with van der Waals surface area (Å²) in [6.45, 7) is 3.88. The van der Waals surface area contributed by atoms with Crippen molar-refractivity contribution < 1.29 is 9.13 Å². The lowest BCUT2D eigenvalue weighted by Gasteiger charge is -2.21. The zero-order chi connectivity index (χ0) is 14.5. The number of benzene rings is 1. The number of nitrogens with one attached hydrogen (secondary N) is 1. The molecule has 5 heteroatoms.